The molecule has 1 fully saturated rings. The summed E-state index contributed by atoms with van der Waals surface area (Å²) in [6.45, 7) is 6.07. The molecule has 0 spiro atoms. The molecule has 7 nitrogen and oxygen atoms in total. The summed E-state index contributed by atoms with van der Waals surface area (Å²) in [6.07, 6.45) is 17.3. The molecule has 1 aromatic heterocycles. The minimum atomic E-state index is -0.148. The molecule has 0 radical (unpaired) electrons. The van der Waals surface area contributed by atoms with Crippen LogP contribution < -0.4 is 10.0 Å². The number of nitrogens with one attached hydrogen (secondary N) is 2. The Bertz CT molecular complexity index is 1190. The lowest BCUT2D eigenvalue weighted by atomic mass is 9.82. The van der Waals surface area contributed by atoms with Crippen molar-refractivity contribution in [3.05, 3.63) is 59.3 Å². The van der Waals surface area contributed by atoms with E-state index in [9.17, 15) is 9.59 Å². The molecule has 2 N–H and O–H groups in total. The van der Waals surface area contributed by atoms with Gasteiger partial charge in [0.05, 0.1) is 5.92 Å². The summed E-state index contributed by atoms with van der Waals surface area (Å²) in [5.41, 5.74) is 4.44. The largest absolute Gasteiger partial charge is 0.355 e. The van der Waals surface area contributed by atoms with Gasteiger partial charge in [-0.1, -0.05) is 63.5 Å². The first kappa shape index (κ1) is 33.0. The molecule has 0 bridgehead atoms. The SMILES string of the molecule is CC.CN(C)CCNC(=O)C1CC/C=C\C=C/Cc2c(C3CCCCC3)c3ccc(C(=O)NSN(C)C)cc3n2C1. The summed E-state index contributed by atoms with van der Waals surface area (Å²) >= 11 is 1.28. The standard InChI is InChI=1S/C31H45N5O2S.C2H6/c1-34(2)20-19-32-30(37)25-15-9-6-5-7-12-16-27-29(23-13-10-8-11-14-23)26-18-17-24(21-28(26)36(27)22-25)31(38)33-39-35(3)4;1-2/h5-7,12,17-18,21,23,25H,8-11,13-16,19-20,22H2,1-4H3,(H,32,37)(H,33,38);1-2H3/b6-5-,12-7-;. The number of aromatic nitrogens is 1. The van der Waals surface area contributed by atoms with Crippen LogP contribution in [0.2, 0.25) is 0 Å². The van der Waals surface area contributed by atoms with Crippen molar-refractivity contribution in [2.24, 2.45) is 5.92 Å². The highest BCUT2D eigenvalue weighted by molar-refractivity contribution is 7.95. The van der Waals surface area contributed by atoms with Crippen LogP contribution in [-0.2, 0) is 17.8 Å². The molecule has 0 saturated heterocycles. The molecule has 1 aromatic carbocycles. The first-order chi connectivity index (χ1) is 19.8. The van der Waals surface area contributed by atoms with E-state index in [0.717, 1.165) is 31.3 Å². The first-order valence-corrected chi connectivity index (χ1v) is 16.2. The second-order valence-electron chi connectivity index (χ2n) is 11.3. The number of benzene rings is 1. The average molecular weight is 582 g/mol. The molecule has 1 saturated carbocycles. The second-order valence-corrected chi connectivity index (χ2v) is 12.4. The van der Waals surface area contributed by atoms with Crippen molar-refractivity contribution in [3.8, 4) is 0 Å². The summed E-state index contributed by atoms with van der Waals surface area (Å²) in [7, 11) is 7.85. The third-order valence-electron chi connectivity index (χ3n) is 7.82. The van der Waals surface area contributed by atoms with Gasteiger partial charge in [-0.2, -0.15) is 0 Å². The molecule has 1 unspecified atom stereocenters. The van der Waals surface area contributed by atoms with Gasteiger partial charge in [-0.15, -0.1) is 0 Å². The molecule has 2 heterocycles. The van der Waals surface area contributed by atoms with Gasteiger partial charge < -0.3 is 14.8 Å². The highest BCUT2D eigenvalue weighted by Gasteiger charge is 2.28. The highest BCUT2D eigenvalue weighted by atomic mass is 32.2. The molecule has 2 aromatic rings. The summed E-state index contributed by atoms with van der Waals surface area (Å²) in [6, 6.07) is 6.15. The van der Waals surface area contributed by atoms with Crippen LogP contribution in [0.15, 0.2) is 42.5 Å². The van der Waals surface area contributed by atoms with Crippen molar-refractivity contribution in [1.29, 1.82) is 0 Å². The lowest BCUT2D eigenvalue weighted by Gasteiger charge is -2.24. The van der Waals surface area contributed by atoms with E-state index in [-0.39, 0.29) is 17.7 Å². The van der Waals surface area contributed by atoms with Gasteiger partial charge in [-0.25, -0.2) is 4.31 Å². The van der Waals surface area contributed by atoms with Crippen LogP contribution in [0, 0.1) is 5.92 Å². The van der Waals surface area contributed by atoms with Gasteiger partial charge in [-0.05, 0) is 77.5 Å². The Kier molecular flexibility index (Phi) is 13.5. The summed E-state index contributed by atoms with van der Waals surface area (Å²) in [4.78, 5) is 28.6. The summed E-state index contributed by atoms with van der Waals surface area (Å²) in [5.74, 6) is 0.373. The molecular formula is C33H51N5O2S. The molecule has 226 valence electrons. The van der Waals surface area contributed by atoms with E-state index in [2.05, 4.69) is 49.9 Å². The number of fused-ring (bicyclic) bond motifs is 3. The molecule has 1 aliphatic heterocycles. The number of rotatable bonds is 8. The third kappa shape index (κ3) is 9.22. The minimum absolute atomic E-state index is 0.107. The van der Waals surface area contributed by atoms with Gasteiger partial charge in [-0.3, -0.25) is 14.3 Å². The molecule has 2 aliphatic rings. The number of hydrogen-bond donors (Lipinski definition) is 2. The fourth-order valence-electron chi connectivity index (χ4n) is 5.84. The maximum atomic E-state index is 13.5. The lowest BCUT2D eigenvalue weighted by Crippen LogP contribution is -2.37. The Morgan fingerprint density at radius 1 is 1.00 bits per heavy atom. The zero-order valence-electron chi connectivity index (χ0n) is 26.0. The quantitative estimate of drug-likeness (QED) is 0.358. The Hall–Kier alpha value is -2.55. The van der Waals surface area contributed by atoms with Crippen molar-refractivity contribution in [2.45, 2.75) is 77.7 Å². The number of carbonyl (C=O) groups is 2. The van der Waals surface area contributed by atoms with E-state index in [1.807, 2.05) is 58.5 Å². The van der Waals surface area contributed by atoms with Crippen molar-refractivity contribution < 1.29 is 9.59 Å². The number of allylic oxidation sites excluding steroid dienone is 4. The van der Waals surface area contributed by atoms with E-state index >= 15 is 0 Å². The van der Waals surface area contributed by atoms with Gasteiger partial charge in [0.25, 0.3) is 5.91 Å². The van der Waals surface area contributed by atoms with E-state index in [1.165, 1.54) is 60.9 Å². The fourth-order valence-corrected chi connectivity index (χ4v) is 6.22. The molecule has 1 atom stereocenters. The maximum Gasteiger partial charge on any atom is 0.262 e. The molecule has 8 heteroatoms. The number of carbonyl (C=O) groups excluding carboxylic acids is 2. The number of hydrogen-bond acceptors (Lipinski definition) is 5. The van der Waals surface area contributed by atoms with Crippen LogP contribution in [0.5, 0.6) is 0 Å². The number of amides is 2. The van der Waals surface area contributed by atoms with Gasteiger partial charge >= 0.3 is 0 Å². The van der Waals surface area contributed by atoms with Crippen LogP contribution in [0.3, 0.4) is 0 Å². The fraction of sp³-hybridized carbons (Fsp3) is 0.576. The van der Waals surface area contributed by atoms with Gasteiger partial charge in [0.2, 0.25) is 5.91 Å². The Morgan fingerprint density at radius 3 is 2.44 bits per heavy atom. The average Bonchev–Trinajstić information content (AvgIpc) is 3.25. The van der Waals surface area contributed by atoms with E-state index in [4.69, 9.17) is 0 Å². The van der Waals surface area contributed by atoms with Crippen LogP contribution in [0.4, 0.5) is 0 Å². The Labute approximate surface area is 252 Å². The van der Waals surface area contributed by atoms with Crippen molar-refractivity contribution >= 4 is 34.9 Å². The monoisotopic (exact) mass is 581 g/mol. The summed E-state index contributed by atoms with van der Waals surface area (Å²) < 4.78 is 7.17. The topological polar surface area (TPSA) is 69.6 Å². The molecular weight excluding hydrogens is 530 g/mol. The zero-order chi connectivity index (χ0) is 29.8. The van der Waals surface area contributed by atoms with E-state index in [0.29, 0.717) is 24.6 Å². The van der Waals surface area contributed by atoms with Gasteiger partial charge in [0, 0.05) is 60.3 Å². The van der Waals surface area contributed by atoms with Crippen molar-refractivity contribution in [3.63, 3.8) is 0 Å². The summed E-state index contributed by atoms with van der Waals surface area (Å²) in [5, 5.41) is 4.42. The van der Waals surface area contributed by atoms with Crippen LogP contribution >= 0.6 is 12.1 Å². The normalized spacial score (nSPS) is 19.6. The lowest BCUT2D eigenvalue weighted by molar-refractivity contribution is -0.125. The van der Waals surface area contributed by atoms with E-state index < -0.39 is 0 Å². The second kappa shape index (κ2) is 16.8. The van der Waals surface area contributed by atoms with Crippen LogP contribution in [0.1, 0.15) is 86.3 Å². The smallest absolute Gasteiger partial charge is 0.262 e. The zero-order valence-corrected chi connectivity index (χ0v) is 26.9. The Balaban J connectivity index is 0.00000226. The number of nitrogens with zero attached hydrogens (tertiary/aromatic N) is 3. The molecule has 1 aliphatic carbocycles. The highest BCUT2D eigenvalue weighted by Crippen LogP contribution is 2.41. The first-order valence-electron chi connectivity index (χ1n) is 15.4. The van der Waals surface area contributed by atoms with Crippen molar-refractivity contribution in [2.75, 3.05) is 41.3 Å². The third-order valence-corrected chi connectivity index (χ3v) is 8.46. The Morgan fingerprint density at radius 2 is 1.73 bits per heavy atom. The minimum Gasteiger partial charge on any atom is -0.355 e. The van der Waals surface area contributed by atoms with Gasteiger partial charge in [0.15, 0.2) is 0 Å². The van der Waals surface area contributed by atoms with Gasteiger partial charge in [0.1, 0.15) is 0 Å². The predicted molar refractivity (Wildman–Crippen MR) is 174 cm³/mol. The molecule has 41 heavy (non-hydrogen) atoms. The maximum absolute atomic E-state index is 13.5. The van der Waals surface area contributed by atoms with Crippen molar-refractivity contribution in [1.82, 2.24) is 23.8 Å². The van der Waals surface area contributed by atoms with Crippen LogP contribution in [-0.4, -0.2) is 66.9 Å². The molecule has 2 amide bonds. The number of likely N-dealkylation sites (N-methyl/N-ethyl adjacent to an activating group) is 1. The van der Waals surface area contributed by atoms with E-state index in [1.54, 1.807) is 0 Å². The predicted octanol–water partition coefficient (Wildman–Crippen LogP) is 6.31. The molecule has 4 rings (SSSR count). The van der Waals surface area contributed by atoms with Crippen LogP contribution in [0.25, 0.3) is 10.9 Å².